The molecule has 7 nitrogen and oxygen atoms in total. The average Bonchev–Trinajstić information content (AvgIpc) is 2.56. The highest BCUT2D eigenvalue weighted by molar-refractivity contribution is 7.92. The lowest BCUT2D eigenvalue weighted by Gasteiger charge is -2.25. The van der Waals surface area contributed by atoms with E-state index in [0.29, 0.717) is 0 Å². The molecule has 1 aliphatic heterocycles. The summed E-state index contributed by atoms with van der Waals surface area (Å²) >= 11 is 5.94. The highest BCUT2D eigenvalue weighted by atomic mass is 35.5. The van der Waals surface area contributed by atoms with Crippen LogP contribution in [0.4, 0.5) is 24.5 Å². The minimum Gasteiger partial charge on any atom is -0.477 e. The zero-order valence-corrected chi connectivity index (χ0v) is 15.6. The number of ether oxygens (including phenoxy) is 2. The lowest BCUT2D eigenvalue weighted by atomic mass is 10.2. The first-order valence-corrected chi connectivity index (χ1v) is 9.50. The van der Waals surface area contributed by atoms with Crippen molar-refractivity contribution in [1.29, 1.82) is 0 Å². The van der Waals surface area contributed by atoms with Gasteiger partial charge in [0.1, 0.15) is 10.6 Å². The first kappa shape index (κ1) is 20.1. The van der Waals surface area contributed by atoms with E-state index < -0.39 is 34.1 Å². The molecule has 0 fully saturated rings. The quantitative estimate of drug-likeness (QED) is 0.761. The third kappa shape index (κ3) is 4.42. The molecule has 12 heteroatoms. The van der Waals surface area contributed by atoms with Crippen LogP contribution in [-0.4, -0.2) is 26.8 Å². The van der Waals surface area contributed by atoms with E-state index in [4.69, 9.17) is 16.3 Å². The smallest absolute Gasteiger partial charge is 0.477 e. The van der Waals surface area contributed by atoms with Crippen molar-refractivity contribution in [1.82, 2.24) is 0 Å². The molecule has 0 aliphatic carbocycles. The van der Waals surface area contributed by atoms with E-state index in [-0.39, 0.29) is 27.0 Å². The van der Waals surface area contributed by atoms with Crippen molar-refractivity contribution >= 4 is 38.9 Å². The molecular formula is C16H12ClF3N2O5S. The fourth-order valence-electron chi connectivity index (χ4n) is 2.38. The molecule has 28 heavy (non-hydrogen) atoms. The molecule has 2 aromatic rings. The maximum Gasteiger partial charge on any atom is 0.573 e. The molecule has 1 heterocycles. The lowest BCUT2D eigenvalue weighted by Crippen LogP contribution is -2.35. The van der Waals surface area contributed by atoms with Crippen molar-refractivity contribution in [3.8, 4) is 11.5 Å². The Morgan fingerprint density at radius 3 is 2.46 bits per heavy atom. The Kier molecular flexibility index (Phi) is 5.06. The van der Waals surface area contributed by atoms with E-state index in [1.54, 1.807) is 0 Å². The van der Waals surface area contributed by atoms with Gasteiger partial charge in [0.2, 0.25) is 0 Å². The van der Waals surface area contributed by atoms with Crippen molar-refractivity contribution in [2.45, 2.75) is 24.3 Å². The van der Waals surface area contributed by atoms with Crippen molar-refractivity contribution in [3.05, 3.63) is 41.4 Å². The number of amides is 1. The predicted octanol–water partition coefficient (Wildman–Crippen LogP) is 3.76. The molecule has 2 N–H and O–H groups in total. The SMILES string of the molecule is CC1Oc2c(cc(Cl)cc2S(=O)(=O)Nc2ccc(OC(F)(F)F)cc2)NC1=O. The lowest BCUT2D eigenvalue weighted by molar-refractivity contribution is -0.274. The molecule has 0 spiro atoms. The van der Waals surface area contributed by atoms with Gasteiger partial charge in [0, 0.05) is 10.7 Å². The maximum atomic E-state index is 12.8. The summed E-state index contributed by atoms with van der Waals surface area (Å²) in [6, 6.07) is 6.58. The van der Waals surface area contributed by atoms with Gasteiger partial charge in [0.05, 0.1) is 5.69 Å². The number of fused-ring (bicyclic) bond motifs is 1. The number of sulfonamides is 1. The van der Waals surface area contributed by atoms with E-state index >= 15 is 0 Å². The Balaban J connectivity index is 1.91. The van der Waals surface area contributed by atoms with E-state index in [9.17, 15) is 26.4 Å². The largest absolute Gasteiger partial charge is 0.573 e. The van der Waals surface area contributed by atoms with Crippen LogP contribution in [0.3, 0.4) is 0 Å². The second kappa shape index (κ2) is 7.06. The topological polar surface area (TPSA) is 93.7 Å². The molecule has 1 amide bonds. The Bertz CT molecular complexity index is 1030. The van der Waals surface area contributed by atoms with Gasteiger partial charge in [-0.05, 0) is 43.3 Å². The molecule has 1 aliphatic rings. The summed E-state index contributed by atoms with van der Waals surface area (Å²) in [5, 5.41) is 2.53. The van der Waals surface area contributed by atoms with Crippen LogP contribution in [0.1, 0.15) is 6.92 Å². The zero-order valence-electron chi connectivity index (χ0n) is 14.0. The van der Waals surface area contributed by atoms with E-state index in [1.807, 2.05) is 0 Å². The summed E-state index contributed by atoms with van der Waals surface area (Å²) in [6.45, 7) is 1.44. The number of benzene rings is 2. The van der Waals surface area contributed by atoms with Gasteiger partial charge in [0.15, 0.2) is 11.9 Å². The van der Waals surface area contributed by atoms with Crippen LogP contribution in [0.15, 0.2) is 41.3 Å². The number of hydrogen-bond donors (Lipinski definition) is 2. The van der Waals surface area contributed by atoms with Crippen LogP contribution in [-0.2, 0) is 14.8 Å². The van der Waals surface area contributed by atoms with Crippen molar-refractivity contribution in [2.24, 2.45) is 0 Å². The maximum absolute atomic E-state index is 12.8. The Morgan fingerprint density at radius 2 is 1.86 bits per heavy atom. The first-order valence-electron chi connectivity index (χ1n) is 7.64. The molecule has 2 aromatic carbocycles. The molecule has 1 unspecified atom stereocenters. The number of anilines is 2. The van der Waals surface area contributed by atoms with Gasteiger partial charge in [0.25, 0.3) is 15.9 Å². The molecule has 150 valence electrons. The first-order chi connectivity index (χ1) is 12.9. The van der Waals surface area contributed by atoms with Crippen LogP contribution in [0.2, 0.25) is 5.02 Å². The third-order valence-electron chi connectivity index (χ3n) is 3.57. The van der Waals surface area contributed by atoms with Gasteiger partial charge < -0.3 is 14.8 Å². The van der Waals surface area contributed by atoms with Gasteiger partial charge in [-0.2, -0.15) is 0 Å². The van der Waals surface area contributed by atoms with Crippen LogP contribution in [0.5, 0.6) is 11.5 Å². The Hall–Kier alpha value is -2.66. The number of carbonyl (C=O) groups excluding carboxylic acids is 1. The number of hydrogen-bond acceptors (Lipinski definition) is 5. The highest BCUT2D eigenvalue weighted by Gasteiger charge is 2.32. The van der Waals surface area contributed by atoms with Gasteiger partial charge in [-0.3, -0.25) is 9.52 Å². The van der Waals surface area contributed by atoms with E-state index in [2.05, 4.69) is 14.8 Å². The Morgan fingerprint density at radius 1 is 1.21 bits per heavy atom. The highest BCUT2D eigenvalue weighted by Crippen LogP contribution is 2.39. The molecule has 0 saturated carbocycles. The molecular weight excluding hydrogens is 425 g/mol. The summed E-state index contributed by atoms with van der Waals surface area (Å²) in [5.74, 6) is -1.07. The molecule has 0 aromatic heterocycles. The van der Waals surface area contributed by atoms with E-state index in [1.165, 1.54) is 13.0 Å². The van der Waals surface area contributed by atoms with Crippen LogP contribution >= 0.6 is 11.6 Å². The summed E-state index contributed by atoms with van der Waals surface area (Å²) in [7, 11) is -4.24. The summed E-state index contributed by atoms with van der Waals surface area (Å²) in [4.78, 5) is 11.4. The number of rotatable bonds is 4. The Labute approximate surface area is 162 Å². The van der Waals surface area contributed by atoms with Gasteiger partial charge in [-0.1, -0.05) is 11.6 Å². The second-order valence-corrected chi connectivity index (χ2v) is 7.79. The van der Waals surface area contributed by atoms with Crippen LogP contribution in [0, 0.1) is 0 Å². The average molecular weight is 437 g/mol. The minimum atomic E-state index is -4.86. The van der Waals surface area contributed by atoms with Crippen LogP contribution < -0.4 is 19.5 Å². The molecule has 0 radical (unpaired) electrons. The molecule has 1 atom stereocenters. The molecule has 0 saturated heterocycles. The van der Waals surface area contributed by atoms with Crippen LogP contribution in [0.25, 0.3) is 0 Å². The number of halogens is 4. The normalized spacial score (nSPS) is 16.6. The number of alkyl halides is 3. The van der Waals surface area contributed by atoms with Crippen molar-refractivity contribution in [2.75, 3.05) is 10.0 Å². The summed E-state index contributed by atoms with van der Waals surface area (Å²) < 4.78 is 73.4. The van der Waals surface area contributed by atoms with Crippen molar-refractivity contribution < 1.29 is 35.9 Å². The third-order valence-corrected chi connectivity index (χ3v) is 5.18. The summed E-state index contributed by atoms with van der Waals surface area (Å²) in [6.07, 6.45) is -5.79. The minimum absolute atomic E-state index is 0.0175. The zero-order chi connectivity index (χ0) is 20.7. The summed E-state index contributed by atoms with van der Waals surface area (Å²) in [5.41, 5.74) is 0.0704. The predicted molar refractivity (Wildman–Crippen MR) is 94.1 cm³/mol. The standard InChI is InChI=1S/C16H12ClF3N2O5S/c1-8-15(23)21-12-6-9(17)7-13(14(12)26-8)28(24,25)22-10-2-4-11(5-3-10)27-16(18,19)20/h2-8,22H,1H3,(H,21,23). The van der Waals surface area contributed by atoms with E-state index in [0.717, 1.165) is 30.3 Å². The van der Waals surface area contributed by atoms with Gasteiger partial charge >= 0.3 is 6.36 Å². The van der Waals surface area contributed by atoms with Crippen molar-refractivity contribution in [3.63, 3.8) is 0 Å². The van der Waals surface area contributed by atoms with Gasteiger partial charge in [-0.15, -0.1) is 13.2 Å². The monoisotopic (exact) mass is 436 g/mol. The number of nitrogens with one attached hydrogen (secondary N) is 2. The fourth-order valence-corrected chi connectivity index (χ4v) is 3.91. The fraction of sp³-hybridized carbons (Fsp3) is 0.188. The molecule has 3 rings (SSSR count). The second-order valence-electron chi connectivity index (χ2n) is 5.71. The number of carbonyl (C=O) groups is 1. The van der Waals surface area contributed by atoms with Gasteiger partial charge in [-0.25, -0.2) is 8.42 Å². The molecule has 0 bridgehead atoms.